The fraction of sp³-hybridized carbons (Fsp3) is 0.640. The van der Waals surface area contributed by atoms with E-state index in [2.05, 4.69) is 79.2 Å². The van der Waals surface area contributed by atoms with E-state index in [9.17, 15) is 19.2 Å². The number of hydrogen-bond acceptors (Lipinski definition) is 7. The predicted molar refractivity (Wildman–Crippen MR) is 265 cm³/mol. The van der Waals surface area contributed by atoms with Crippen LogP contribution in [0.5, 0.6) is 5.88 Å². The molecular formula is C50H94N6O5. The van der Waals surface area contributed by atoms with Gasteiger partial charge in [0.05, 0.1) is 7.11 Å². The van der Waals surface area contributed by atoms with E-state index in [4.69, 9.17) is 4.74 Å². The molecule has 3 heterocycles. The van der Waals surface area contributed by atoms with Crippen LogP contribution < -0.4 is 10.3 Å². The molecule has 11 heteroatoms. The van der Waals surface area contributed by atoms with Crippen molar-refractivity contribution in [2.24, 2.45) is 7.05 Å². The summed E-state index contributed by atoms with van der Waals surface area (Å²) in [7, 11) is 13.4. The highest BCUT2D eigenvalue weighted by Gasteiger charge is 2.18. The van der Waals surface area contributed by atoms with Crippen molar-refractivity contribution >= 4 is 17.7 Å². The number of nitrogens with zero attached hydrogens (tertiary/aromatic N) is 6. The van der Waals surface area contributed by atoms with Crippen LogP contribution in [0.3, 0.4) is 0 Å². The minimum atomic E-state index is -0.247. The minimum absolute atomic E-state index is 0.0486. The molecule has 0 atom stereocenters. The monoisotopic (exact) mass is 859 g/mol. The third-order valence-corrected chi connectivity index (χ3v) is 6.95. The first kappa shape index (κ1) is 68.2. The van der Waals surface area contributed by atoms with Gasteiger partial charge in [0.15, 0.2) is 0 Å². The Morgan fingerprint density at radius 1 is 0.590 bits per heavy atom. The quantitative estimate of drug-likeness (QED) is 0.232. The van der Waals surface area contributed by atoms with Gasteiger partial charge in [-0.2, -0.15) is 0 Å². The second kappa shape index (κ2) is 42.2. The van der Waals surface area contributed by atoms with Gasteiger partial charge in [-0.3, -0.25) is 24.2 Å². The molecule has 0 spiro atoms. The first-order chi connectivity index (χ1) is 28.6. The van der Waals surface area contributed by atoms with E-state index in [0.717, 1.165) is 16.7 Å². The maximum atomic E-state index is 11.9. The lowest BCUT2D eigenvalue weighted by atomic mass is 10.0. The summed E-state index contributed by atoms with van der Waals surface area (Å²) in [5.74, 6) is 1.05. The molecule has 0 fully saturated rings. The van der Waals surface area contributed by atoms with Crippen molar-refractivity contribution in [1.29, 1.82) is 0 Å². The highest BCUT2D eigenvalue weighted by molar-refractivity contribution is 5.96. The van der Waals surface area contributed by atoms with Crippen LogP contribution in [0, 0.1) is 0 Å². The summed E-state index contributed by atoms with van der Waals surface area (Å²) in [6, 6.07) is 7.33. The van der Waals surface area contributed by atoms with E-state index in [1.807, 2.05) is 73.6 Å². The molecule has 3 aromatic rings. The van der Waals surface area contributed by atoms with Crippen LogP contribution in [0.15, 0.2) is 47.7 Å². The lowest BCUT2D eigenvalue weighted by molar-refractivity contribution is 0.0815. The summed E-state index contributed by atoms with van der Waals surface area (Å²) < 4.78 is 6.56. The summed E-state index contributed by atoms with van der Waals surface area (Å²) >= 11 is 0. The molecule has 61 heavy (non-hydrogen) atoms. The van der Waals surface area contributed by atoms with E-state index in [1.165, 1.54) is 45.6 Å². The smallest absolute Gasteiger partial charge is 0.271 e. The molecule has 354 valence electrons. The molecule has 0 aromatic carbocycles. The molecule has 0 aliphatic heterocycles. The molecule has 3 aromatic heterocycles. The summed E-state index contributed by atoms with van der Waals surface area (Å²) in [5, 5.41) is 0. The average Bonchev–Trinajstić information content (AvgIpc) is 3.24. The van der Waals surface area contributed by atoms with Gasteiger partial charge in [0, 0.05) is 67.9 Å². The van der Waals surface area contributed by atoms with Gasteiger partial charge in [0.1, 0.15) is 16.8 Å². The Morgan fingerprint density at radius 2 is 0.951 bits per heavy atom. The maximum absolute atomic E-state index is 11.9. The van der Waals surface area contributed by atoms with Crippen LogP contribution in [0.4, 0.5) is 0 Å². The maximum Gasteiger partial charge on any atom is 0.271 e. The Balaban J connectivity index is -0.000000160. The number of hydrogen-bond donors (Lipinski definition) is 0. The Hall–Kier alpha value is -4.54. The highest BCUT2D eigenvalue weighted by Crippen LogP contribution is 2.22. The molecule has 0 N–H and O–H groups in total. The number of carbonyl (C=O) groups excluding carboxylic acids is 3. The van der Waals surface area contributed by atoms with Crippen molar-refractivity contribution in [2.45, 2.75) is 162 Å². The van der Waals surface area contributed by atoms with Crippen molar-refractivity contribution in [3.63, 3.8) is 0 Å². The van der Waals surface area contributed by atoms with Gasteiger partial charge < -0.3 is 24.0 Å². The highest BCUT2D eigenvalue weighted by atomic mass is 16.5. The first-order valence-electron chi connectivity index (χ1n) is 22.4. The zero-order valence-corrected chi connectivity index (χ0v) is 44.1. The van der Waals surface area contributed by atoms with Crippen molar-refractivity contribution in [3.05, 3.63) is 86.7 Å². The van der Waals surface area contributed by atoms with Crippen LogP contribution in [0.2, 0.25) is 0 Å². The minimum Gasteiger partial charge on any atom is -0.480 e. The number of pyridine rings is 3. The first-order valence-corrected chi connectivity index (χ1v) is 22.4. The van der Waals surface area contributed by atoms with Gasteiger partial charge in [-0.05, 0) is 58.7 Å². The topological polar surface area (TPSA) is 118 Å². The Kier molecular flexibility index (Phi) is 47.1. The number of ether oxygens (including phenoxy) is 1. The Bertz CT molecular complexity index is 1590. The lowest BCUT2D eigenvalue weighted by Gasteiger charge is -2.14. The zero-order valence-electron chi connectivity index (χ0n) is 44.1. The van der Waals surface area contributed by atoms with Crippen molar-refractivity contribution in [2.75, 3.05) is 49.4 Å². The van der Waals surface area contributed by atoms with Crippen LogP contribution in [-0.4, -0.2) is 96.4 Å². The lowest BCUT2D eigenvalue weighted by Crippen LogP contribution is -2.31. The zero-order chi connectivity index (χ0) is 49.6. The largest absolute Gasteiger partial charge is 0.480 e. The number of rotatable bonds is 7. The molecule has 3 rings (SSSR count). The molecule has 0 saturated carbocycles. The summed E-state index contributed by atoms with van der Waals surface area (Å²) in [4.78, 5) is 59.8. The van der Waals surface area contributed by atoms with Crippen LogP contribution in [0.1, 0.15) is 210 Å². The van der Waals surface area contributed by atoms with Crippen molar-refractivity contribution in [1.82, 2.24) is 29.2 Å². The molecule has 3 amide bonds. The average molecular weight is 859 g/mol. The number of aromatic nitrogens is 3. The van der Waals surface area contributed by atoms with Gasteiger partial charge >= 0.3 is 0 Å². The van der Waals surface area contributed by atoms with Gasteiger partial charge in [-0.1, -0.05) is 144 Å². The molecule has 0 bridgehead atoms. The predicted octanol–water partition coefficient (Wildman–Crippen LogP) is 12.4. The standard InChI is InChI=1S/2C12H18N2O2.C11H16N2O.3C3H8.3C2H6/c1-8(2)9-6-10(12(15)14(3)4)11(16-5)13-7-9;1-8(2)9-6-10(11(15)13(3)4)12(16)14(5)7-9;1-8(2)9-5-6-12-10(7-9)11(14)13(3)4;3*1-3-2;3*1-2/h2*6-8H,1-5H3;5-8H,1-4H3;3*3H2,1-2H3;3*1-2H3. The summed E-state index contributed by atoms with van der Waals surface area (Å²) in [6.07, 6.45) is 8.96. The molecular weight excluding hydrogens is 765 g/mol. The fourth-order valence-corrected chi connectivity index (χ4v) is 3.94. The number of carbonyl (C=O) groups is 3. The summed E-state index contributed by atoms with van der Waals surface area (Å²) in [6.45, 7) is 37.1. The van der Waals surface area contributed by atoms with Crippen LogP contribution in [-0.2, 0) is 7.05 Å². The third-order valence-electron chi connectivity index (χ3n) is 6.95. The van der Waals surface area contributed by atoms with Gasteiger partial charge in [-0.25, -0.2) is 4.98 Å². The fourth-order valence-electron chi connectivity index (χ4n) is 3.94. The SMILES string of the molecule is CC.CC.CC.CC(C)c1cc(C(=O)N(C)C)c(=O)n(C)c1.CC(C)c1ccnc(C(=O)N(C)C)c1.CCC.CCC.CCC.COc1ncc(C(C)C)cc1C(=O)N(C)C. The van der Waals surface area contributed by atoms with Crippen LogP contribution >= 0.6 is 0 Å². The number of aryl methyl sites for hydroxylation is 1. The second-order valence-corrected chi connectivity index (χ2v) is 14.6. The Labute approximate surface area is 375 Å². The number of amides is 3. The van der Waals surface area contributed by atoms with E-state index in [1.54, 1.807) is 74.0 Å². The molecule has 0 saturated heterocycles. The third kappa shape index (κ3) is 30.2. The molecule has 0 radical (unpaired) electrons. The molecule has 0 aliphatic rings. The van der Waals surface area contributed by atoms with Gasteiger partial charge in [0.25, 0.3) is 23.3 Å². The van der Waals surface area contributed by atoms with Crippen LogP contribution in [0.25, 0.3) is 0 Å². The Morgan fingerprint density at radius 3 is 1.30 bits per heavy atom. The van der Waals surface area contributed by atoms with Crippen molar-refractivity contribution < 1.29 is 19.1 Å². The van der Waals surface area contributed by atoms with E-state index in [0.29, 0.717) is 34.9 Å². The molecule has 0 aliphatic carbocycles. The van der Waals surface area contributed by atoms with Gasteiger partial charge in [0.2, 0.25) is 5.88 Å². The van der Waals surface area contributed by atoms with E-state index < -0.39 is 0 Å². The molecule has 11 nitrogen and oxygen atoms in total. The molecule has 0 unspecified atom stereocenters. The summed E-state index contributed by atoms with van der Waals surface area (Å²) in [5.41, 5.74) is 4.19. The normalized spacial score (nSPS) is 9.07. The van der Waals surface area contributed by atoms with E-state index >= 15 is 0 Å². The van der Waals surface area contributed by atoms with E-state index in [-0.39, 0.29) is 28.8 Å². The second-order valence-electron chi connectivity index (χ2n) is 14.6. The van der Waals surface area contributed by atoms with Crippen molar-refractivity contribution in [3.8, 4) is 5.88 Å². The van der Waals surface area contributed by atoms with Gasteiger partial charge in [-0.15, -0.1) is 0 Å². The number of methoxy groups -OCH3 is 1.